The molecule has 1 atom stereocenters. The summed E-state index contributed by atoms with van der Waals surface area (Å²) >= 11 is 0. The number of nitrogens with one attached hydrogen (secondary N) is 2. The Morgan fingerprint density at radius 2 is 2.13 bits per heavy atom. The molecule has 6 nitrogen and oxygen atoms in total. The van der Waals surface area contributed by atoms with Crippen molar-refractivity contribution in [3.05, 3.63) is 53.6 Å². The van der Waals surface area contributed by atoms with E-state index in [1.165, 1.54) is 24.3 Å². The SMILES string of the molecule is O=C(NCc1ccn[nH]1)N(CC(O)c1ccc(F)cc1)C1CC1. The molecule has 1 saturated carbocycles. The number of hydrogen-bond acceptors (Lipinski definition) is 3. The molecule has 0 bridgehead atoms. The molecule has 122 valence electrons. The number of halogens is 1. The number of amides is 2. The number of hydrogen-bond donors (Lipinski definition) is 3. The number of benzene rings is 1. The summed E-state index contributed by atoms with van der Waals surface area (Å²) in [7, 11) is 0. The zero-order valence-corrected chi connectivity index (χ0v) is 12.6. The molecule has 0 radical (unpaired) electrons. The first kappa shape index (κ1) is 15.5. The Kier molecular flexibility index (Phi) is 4.57. The molecule has 2 aromatic rings. The molecule has 1 aromatic carbocycles. The molecule has 1 aliphatic rings. The second kappa shape index (κ2) is 6.78. The lowest BCUT2D eigenvalue weighted by molar-refractivity contribution is 0.117. The van der Waals surface area contributed by atoms with E-state index in [2.05, 4.69) is 15.5 Å². The van der Waals surface area contributed by atoms with E-state index in [9.17, 15) is 14.3 Å². The summed E-state index contributed by atoms with van der Waals surface area (Å²) in [5, 5.41) is 19.7. The van der Waals surface area contributed by atoms with Crippen molar-refractivity contribution < 1.29 is 14.3 Å². The molecule has 1 unspecified atom stereocenters. The minimum Gasteiger partial charge on any atom is -0.387 e. The number of aromatic amines is 1. The van der Waals surface area contributed by atoms with E-state index in [4.69, 9.17) is 0 Å². The number of rotatable bonds is 6. The Morgan fingerprint density at radius 3 is 2.74 bits per heavy atom. The van der Waals surface area contributed by atoms with Crippen LogP contribution in [-0.4, -0.2) is 38.8 Å². The van der Waals surface area contributed by atoms with Crippen LogP contribution < -0.4 is 5.32 Å². The van der Waals surface area contributed by atoms with Crippen LogP contribution in [0.4, 0.5) is 9.18 Å². The van der Waals surface area contributed by atoms with Crippen molar-refractivity contribution >= 4 is 6.03 Å². The largest absolute Gasteiger partial charge is 0.387 e. The van der Waals surface area contributed by atoms with Gasteiger partial charge >= 0.3 is 6.03 Å². The predicted molar refractivity (Wildman–Crippen MR) is 81.9 cm³/mol. The van der Waals surface area contributed by atoms with E-state index in [1.807, 2.05) is 0 Å². The maximum absolute atomic E-state index is 12.9. The second-order valence-electron chi connectivity index (χ2n) is 5.69. The quantitative estimate of drug-likeness (QED) is 0.761. The first-order valence-electron chi connectivity index (χ1n) is 7.60. The summed E-state index contributed by atoms with van der Waals surface area (Å²) < 4.78 is 12.9. The molecule has 3 N–H and O–H groups in total. The fourth-order valence-corrected chi connectivity index (χ4v) is 2.42. The van der Waals surface area contributed by atoms with Gasteiger partial charge in [-0.15, -0.1) is 0 Å². The minimum absolute atomic E-state index is 0.159. The molecular formula is C16H19FN4O2. The Hall–Kier alpha value is -2.41. The van der Waals surface area contributed by atoms with Crippen LogP contribution in [0.3, 0.4) is 0 Å². The molecule has 0 aliphatic heterocycles. The monoisotopic (exact) mass is 318 g/mol. The molecule has 1 heterocycles. The fraction of sp³-hybridized carbons (Fsp3) is 0.375. The lowest BCUT2D eigenvalue weighted by Crippen LogP contribution is -2.43. The van der Waals surface area contributed by atoms with Gasteiger partial charge in [-0.1, -0.05) is 12.1 Å². The number of nitrogens with zero attached hydrogens (tertiary/aromatic N) is 2. The number of aromatic nitrogens is 2. The smallest absolute Gasteiger partial charge is 0.318 e. The van der Waals surface area contributed by atoms with Crippen LogP contribution in [0.25, 0.3) is 0 Å². The van der Waals surface area contributed by atoms with E-state index >= 15 is 0 Å². The highest BCUT2D eigenvalue weighted by molar-refractivity contribution is 5.75. The van der Waals surface area contributed by atoms with Crippen LogP contribution in [-0.2, 0) is 6.54 Å². The first-order valence-corrected chi connectivity index (χ1v) is 7.60. The molecular weight excluding hydrogens is 299 g/mol. The van der Waals surface area contributed by atoms with Gasteiger partial charge < -0.3 is 15.3 Å². The van der Waals surface area contributed by atoms with E-state index < -0.39 is 6.10 Å². The Morgan fingerprint density at radius 1 is 1.39 bits per heavy atom. The Labute approximate surface area is 133 Å². The van der Waals surface area contributed by atoms with Gasteiger partial charge in [0.1, 0.15) is 5.82 Å². The lowest BCUT2D eigenvalue weighted by Gasteiger charge is -2.25. The molecule has 1 aromatic heterocycles. The van der Waals surface area contributed by atoms with Crippen LogP contribution in [0.2, 0.25) is 0 Å². The van der Waals surface area contributed by atoms with Gasteiger partial charge in [-0.05, 0) is 36.6 Å². The van der Waals surface area contributed by atoms with Crippen LogP contribution in [0, 0.1) is 5.82 Å². The van der Waals surface area contributed by atoms with Crippen molar-refractivity contribution in [2.75, 3.05) is 6.54 Å². The molecule has 1 aliphatic carbocycles. The molecule has 0 saturated heterocycles. The van der Waals surface area contributed by atoms with E-state index in [0.717, 1.165) is 18.5 Å². The number of carbonyl (C=O) groups excluding carboxylic acids is 1. The summed E-state index contributed by atoms with van der Waals surface area (Å²) in [6.45, 7) is 0.541. The third-order valence-corrected chi connectivity index (χ3v) is 3.86. The van der Waals surface area contributed by atoms with Gasteiger partial charge in [0.25, 0.3) is 0 Å². The van der Waals surface area contributed by atoms with Crippen molar-refractivity contribution in [1.82, 2.24) is 20.4 Å². The van der Waals surface area contributed by atoms with Crippen LogP contribution in [0.15, 0.2) is 36.5 Å². The predicted octanol–water partition coefficient (Wildman–Crippen LogP) is 1.96. The van der Waals surface area contributed by atoms with Gasteiger partial charge in [-0.25, -0.2) is 9.18 Å². The fourth-order valence-electron chi connectivity index (χ4n) is 2.42. The van der Waals surface area contributed by atoms with Crippen molar-refractivity contribution in [2.45, 2.75) is 31.5 Å². The average Bonchev–Trinajstić information content (AvgIpc) is 3.26. The van der Waals surface area contributed by atoms with Crippen molar-refractivity contribution in [3.8, 4) is 0 Å². The number of carbonyl (C=O) groups is 1. The van der Waals surface area contributed by atoms with Gasteiger partial charge in [0, 0.05) is 12.2 Å². The summed E-state index contributed by atoms with van der Waals surface area (Å²) in [6, 6.07) is 7.41. The highest BCUT2D eigenvalue weighted by atomic mass is 19.1. The van der Waals surface area contributed by atoms with Gasteiger partial charge in [0.2, 0.25) is 0 Å². The van der Waals surface area contributed by atoms with Gasteiger partial charge in [0.15, 0.2) is 0 Å². The zero-order chi connectivity index (χ0) is 16.2. The summed E-state index contributed by atoms with van der Waals surface area (Å²) in [6.07, 6.45) is 2.66. The van der Waals surface area contributed by atoms with Gasteiger partial charge in [0.05, 0.1) is 24.9 Å². The third-order valence-electron chi connectivity index (χ3n) is 3.86. The average molecular weight is 318 g/mol. The molecule has 3 rings (SSSR count). The van der Waals surface area contributed by atoms with Gasteiger partial charge in [-0.2, -0.15) is 5.10 Å². The highest BCUT2D eigenvalue weighted by Gasteiger charge is 2.34. The normalized spacial score (nSPS) is 15.2. The second-order valence-corrected chi connectivity index (χ2v) is 5.69. The number of H-pyrrole nitrogens is 1. The molecule has 23 heavy (non-hydrogen) atoms. The minimum atomic E-state index is -0.839. The highest BCUT2D eigenvalue weighted by Crippen LogP contribution is 2.29. The van der Waals surface area contributed by atoms with Crippen LogP contribution in [0.5, 0.6) is 0 Å². The molecule has 2 amide bonds. The topological polar surface area (TPSA) is 81.2 Å². The lowest BCUT2D eigenvalue weighted by atomic mass is 10.1. The van der Waals surface area contributed by atoms with E-state index in [0.29, 0.717) is 12.1 Å². The maximum atomic E-state index is 12.9. The van der Waals surface area contributed by atoms with Crippen molar-refractivity contribution in [2.24, 2.45) is 0 Å². The molecule has 7 heteroatoms. The van der Waals surface area contributed by atoms with Crippen molar-refractivity contribution in [1.29, 1.82) is 0 Å². The number of urea groups is 1. The Bertz CT molecular complexity index is 641. The molecule has 1 fully saturated rings. The Balaban J connectivity index is 1.59. The van der Waals surface area contributed by atoms with Crippen molar-refractivity contribution in [3.63, 3.8) is 0 Å². The summed E-state index contributed by atoms with van der Waals surface area (Å²) in [5.41, 5.74) is 1.41. The van der Waals surface area contributed by atoms with Gasteiger partial charge in [-0.3, -0.25) is 5.10 Å². The number of aliphatic hydroxyl groups is 1. The maximum Gasteiger partial charge on any atom is 0.318 e. The summed E-state index contributed by atoms with van der Waals surface area (Å²) in [4.78, 5) is 14.0. The summed E-state index contributed by atoms with van der Waals surface area (Å²) in [5.74, 6) is -0.350. The van der Waals surface area contributed by atoms with Crippen LogP contribution in [0.1, 0.15) is 30.2 Å². The standard InChI is InChI=1S/C16H19FN4O2/c17-12-3-1-11(2-4-12)15(22)10-21(14-5-6-14)16(23)18-9-13-7-8-19-20-13/h1-4,7-8,14-15,22H,5-6,9-10H2,(H,18,23)(H,19,20). The molecule has 0 spiro atoms. The first-order chi connectivity index (χ1) is 11.1. The number of aliphatic hydroxyl groups excluding tert-OH is 1. The zero-order valence-electron chi connectivity index (χ0n) is 12.6. The van der Waals surface area contributed by atoms with Crippen LogP contribution >= 0.6 is 0 Å². The third kappa shape index (κ3) is 4.07. The van der Waals surface area contributed by atoms with E-state index in [1.54, 1.807) is 17.2 Å². The van der Waals surface area contributed by atoms with E-state index in [-0.39, 0.29) is 24.4 Å².